The molecule has 0 aliphatic heterocycles. The fourth-order valence-corrected chi connectivity index (χ4v) is 2.55. The first-order chi connectivity index (χ1) is 13.9. The molecule has 0 unspecified atom stereocenters. The van der Waals surface area contributed by atoms with Crippen molar-refractivity contribution in [1.29, 1.82) is 5.26 Å². The zero-order valence-electron chi connectivity index (χ0n) is 16.6. The van der Waals surface area contributed by atoms with Crippen LogP contribution in [0.2, 0.25) is 5.02 Å². The Balaban J connectivity index is 1.82. The lowest BCUT2D eigenvalue weighted by molar-refractivity contribution is -0.121. The molecule has 1 aromatic carbocycles. The first-order valence-electron chi connectivity index (χ1n) is 9.26. The molecular formula is C21H25ClN6O. The Hall–Kier alpha value is -3.11. The average Bonchev–Trinajstić information content (AvgIpc) is 2.71. The van der Waals surface area contributed by atoms with E-state index in [1.165, 1.54) is 0 Å². The van der Waals surface area contributed by atoms with Gasteiger partial charge in [-0.15, -0.1) is 0 Å². The van der Waals surface area contributed by atoms with Gasteiger partial charge in [-0.3, -0.25) is 20.1 Å². The highest BCUT2D eigenvalue weighted by molar-refractivity contribution is 6.30. The van der Waals surface area contributed by atoms with E-state index >= 15 is 0 Å². The summed E-state index contributed by atoms with van der Waals surface area (Å²) in [5, 5.41) is 18.1. The van der Waals surface area contributed by atoms with E-state index in [1.54, 1.807) is 18.5 Å². The number of aliphatic imine (C=N–C) groups is 1. The molecule has 2 rings (SSSR count). The maximum Gasteiger partial charge on any atom is 0.220 e. The molecule has 1 heterocycles. The topological polar surface area (TPSA) is 102 Å². The number of halogens is 1. The second-order valence-electron chi connectivity index (χ2n) is 7.34. The normalized spacial score (nSPS) is 11.4. The number of pyridine rings is 1. The molecule has 0 spiro atoms. The highest BCUT2D eigenvalue weighted by Gasteiger charge is 2.19. The number of benzene rings is 1. The summed E-state index contributed by atoms with van der Waals surface area (Å²) in [6, 6.07) is 11.1. The molecule has 0 fully saturated rings. The van der Waals surface area contributed by atoms with E-state index in [0.717, 1.165) is 11.3 Å². The van der Waals surface area contributed by atoms with E-state index < -0.39 is 0 Å². The monoisotopic (exact) mass is 412 g/mol. The summed E-state index contributed by atoms with van der Waals surface area (Å²) in [6.07, 6.45) is 6.24. The molecule has 152 valence electrons. The number of amides is 1. The predicted molar refractivity (Wildman–Crippen MR) is 115 cm³/mol. The number of carbonyl (C=O) groups is 1. The number of guanidine groups is 1. The van der Waals surface area contributed by atoms with Crippen molar-refractivity contribution in [3.63, 3.8) is 0 Å². The minimum atomic E-state index is -0.283. The van der Waals surface area contributed by atoms with Crippen molar-refractivity contribution in [2.75, 3.05) is 18.4 Å². The van der Waals surface area contributed by atoms with E-state index in [2.05, 4.69) is 25.9 Å². The van der Waals surface area contributed by atoms with Gasteiger partial charge in [-0.05, 0) is 36.2 Å². The molecule has 2 aromatic rings. The van der Waals surface area contributed by atoms with Gasteiger partial charge in [-0.25, -0.2) is 0 Å². The first-order valence-corrected chi connectivity index (χ1v) is 9.63. The summed E-state index contributed by atoms with van der Waals surface area (Å²) in [7, 11) is 0. The minimum absolute atomic E-state index is 0.0131. The largest absolute Gasteiger partial charge is 0.355 e. The third-order valence-corrected chi connectivity index (χ3v) is 4.33. The van der Waals surface area contributed by atoms with E-state index in [1.807, 2.05) is 50.4 Å². The van der Waals surface area contributed by atoms with Crippen LogP contribution in [-0.2, 0) is 11.2 Å². The van der Waals surface area contributed by atoms with Gasteiger partial charge in [0.15, 0.2) is 6.19 Å². The molecule has 1 aromatic heterocycles. The number of anilines is 1. The number of nitrogens with one attached hydrogen (secondary N) is 3. The van der Waals surface area contributed by atoms with Gasteiger partial charge in [0.2, 0.25) is 11.9 Å². The Morgan fingerprint density at radius 3 is 2.69 bits per heavy atom. The van der Waals surface area contributed by atoms with Crippen LogP contribution in [0.3, 0.4) is 0 Å². The molecular weight excluding hydrogens is 388 g/mol. The number of carbonyl (C=O) groups excluding carboxylic acids is 1. The van der Waals surface area contributed by atoms with Gasteiger partial charge in [0.1, 0.15) is 0 Å². The lowest BCUT2D eigenvalue weighted by atomic mass is 9.93. The van der Waals surface area contributed by atoms with Crippen molar-refractivity contribution >= 4 is 29.2 Å². The number of hydrogen-bond acceptors (Lipinski definition) is 4. The van der Waals surface area contributed by atoms with Crippen molar-refractivity contribution in [3.05, 3.63) is 59.4 Å². The van der Waals surface area contributed by atoms with Crippen molar-refractivity contribution < 1.29 is 4.79 Å². The van der Waals surface area contributed by atoms with E-state index in [9.17, 15) is 4.79 Å². The van der Waals surface area contributed by atoms with Gasteiger partial charge in [0, 0.05) is 36.1 Å². The molecule has 0 atom stereocenters. The van der Waals surface area contributed by atoms with Gasteiger partial charge in [0.25, 0.3) is 0 Å². The Labute approximate surface area is 176 Å². The number of rotatable bonds is 8. The van der Waals surface area contributed by atoms with Crippen LogP contribution in [0.25, 0.3) is 0 Å². The van der Waals surface area contributed by atoms with Crippen molar-refractivity contribution in [2.45, 2.75) is 26.7 Å². The number of aryl methyl sites for hydroxylation is 1. The first kappa shape index (κ1) is 22.2. The predicted octanol–water partition coefficient (Wildman–Crippen LogP) is 3.35. The molecule has 7 nitrogen and oxygen atoms in total. The van der Waals surface area contributed by atoms with Crippen molar-refractivity contribution in [1.82, 2.24) is 15.6 Å². The van der Waals surface area contributed by atoms with E-state index in [-0.39, 0.29) is 11.3 Å². The average molecular weight is 413 g/mol. The molecule has 0 saturated heterocycles. The number of nitriles is 1. The summed E-state index contributed by atoms with van der Waals surface area (Å²) in [4.78, 5) is 20.6. The van der Waals surface area contributed by atoms with Crippen LogP contribution in [0.15, 0.2) is 53.8 Å². The van der Waals surface area contributed by atoms with Crippen LogP contribution in [0.1, 0.15) is 25.8 Å². The second-order valence-corrected chi connectivity index (χ2v) is 7.77. The summed E-state index contributed by atoms with van der Waals surface area (Å²) >= 11 is 5.87. The number of nitrogens with zero attached hydrogens (tertiary/aromatic N) is 3. The third-order valence-electron chi connectivity index (χ3n) is 4.08. The molecule has 0 aliphatic rings. The summed E-state index contributed by atoms with van der Waals surface area (Å²) in [5.41, 5.74) is 1.51. The minimum Gasteiger partial charge on any atom is -0.355 e. The van der Waals surface area contributed by atoms with E-state index in [4.69, 9.17) is 16.9 Å². The fraction of sp³-hybridized carbons (Fsp3) is 0.333. The maximum atomic E-state index is 12.2. The summed E-state index contributed by atoms with van der Waals surface area (Å²) < 4.78 is 0. The van der Waals surface area contributed by atoms with Gasteiger partial charge >= 0.3 is 0 Å². The Kier molecular flexibility index (Phi) is 8.44. The SMILES string of the molecule is CC(C)(CN=C(NC#N)Nc1cccnc1)CNC(=O)CCc1ccc(Cl)cc1. The van der Waals surface area contributed by atoms with Crippen LogP contribution in [0.4, 0.5) is 5.69 Å². The molecule has 0 radical (unpaired) electrons. The lowest BCUT2D eigenvalue weighted by Gasteiger charge is -2.23. The zero-order valence-corrected chi connectivity index (χ0v) is 17.3. The molecule has 8 heteroatoms. The van der Waals surface area contributed by atoms with Crippen LogP contribution in [0, 0.1) is 16.9 Å². The number of hydrogen-bond donors (Lipinski definition) is 3. The molecule has 1 amide bonds. The maximum absolute atomic E-state index is 12.2. The lowest BCUT2D eigenvalue weighted by Crippen LogP contribution is -2.37. The van der Waals surface area contributed by atoms with Crippen LogP contribution in [0.5, 0.6) is 0 Å². The zero-order chi connectivity index (χ0) is 21.1. The molecule has 29 heavy (non-hydrogen) atoms. The van der Waals surface area contributed by atoms with Gasteiger partial charge in [-0.1, -0.05) is 37.6 Å². The van der Waals surface area contributed by atoms with Crippen molar-refractivity contribution in [3.8, 4) is 6.19 Å². The van der Waals surface area contributed by atoms with Crippen LogP contribution >= 0.6 is 11.6 Å². The van der Waals surface area contributed by atoms with Gasteiger partial charge in [0.05, 0.1) is 11.9 Å². The highest BCUT2D eigenvalue weighted by atomic mass is 35.5. The van der Waals surface area contributed by atoms with Crippen LogP contribution in [-0.4, -0.2) is 29.9 Å². The Morgan fingerprint density at radius 2 is 2.03 bits per heavy atom. The van der Waals surface area contributed by atoms with Crippen LogP contribution < -0.4 is 16.0 Å². The highest BCUT2D eigenvalue weighted by Crippen LogP contribution is 2.15. The second kappa shape index (κ2) is 11.0. The standard InChI is InChI=1S/C21H25ClN6O/c1-21(2,13-25-19(29)10-7-16-5-8-17(22)9-6-16)14-26-20(27-15-23)28-18-4-3-11-24-12-18/h3-6,8-9,11-12H,7,10,13-14H2,1-2H3,(H,25,29)(H2,26,27,28). The van der Waals surface area contributed by atoms with Crippen molar-refractivity contribution in [2.24, 2.45) is 10.4 Å². The van der Waals surface area contributed by atoms with E-state index in [0.29, 0.717) is 36.9 Å². The molecule has 0 saturated carbocycles. The fourth-order valence-electron chi connectivity index (χ4n) is 2.42. The molecule has 3 N–H and O–H groups in total. The summed E-state index contributed by atoms with van der Waals surface area (Å²) in [6.45, 7) is 4.90. The summed E-state index contributed by atoms with van der Waals surface area (Å²) in [5.74, 6) is 0.323. The smallest absolute Gasteiger partial charge is 0.220 e. The Morgan fingerprint density at radius 1 is 1.28 bits per heavy atom. The third kappa shape index (κ3) is 8.62. The molecule has 0 bridgehead atoms. The van der Waals surface area contributed by atoms with Gasteiger partial charge in [-0.2, -0.15) is 5.26 Å². The van der Waals surface area contributed by atoms with Gasteiger partial charge < -0.3 is 10.6 Å². The quantitative estimate of drug-likeness (QED) is 0.267. The molecule has 0 aliphatic carbocycles. The Bertz CT molecular complexity index is 859. The number of aromatic nitrogens is 1.